The van der Waals surface area contributed by atoms with Gasteiger partial charge in [-0.1, -0.05) is 34.6 Å². The van der Waals surface area contributed by atoms with E-state index in [0.29, 0.717) is 29.2 Å². The summed E-state index contributed by atoms with van der Waals surface area (Å²) in [5, 5.41) is 0. The maximum Gasteiger partial charge on any atom is 0.460 e. The summed E-state index contributed by atoms with van der Waals surface area (Å²) >= 11 is 0. The molecular formula is C16H29BO2. The molecule has 4 aliphatic rings. The third-order valence-corrected chi connectivity index (χ3v) is 6.28. The fourth-order valence-corrected chi connectivity index (χ4v) is 5.00. The van der Waals surface area contributed by atoms with E-state index in [1.165, 1.54) is 19.3 Å². The number of rotatable bonds is 3. The molecule has 19 heavy (non-hydrogen) atoms. The zero-order valence-corrected chi connectivity index (χ0v) is 13.4. The summed E-state index contributed by atoms with van der Waals surface area (Å²) in [4.78, 5) is 0. The Hall–Kier alpha value is -0.0151. The Morgan fingerprint density at radius 2 is 1.84 bits per heavy atom. The lowest BCUT2D eigenvalue weighted by Crippen LogP contribution is -2.65. The quantitative estimate of drug-likeness (QED) is 0.713. The summed E-state index contributed by atoms with van der Waals surface area (Å²) in [6.07, 6.45) is 4.06. The van der Waals surface area contributed by atoms with Gasteiger partial charge in [-0.3, -0.25) is 0 Å². The van der Waals surface area contributed by atoms with Crippen LogP contribution in [-0.4, -0.2) is 18.8 Å². The molecule has 0 amide bonds. The van der Waals surface area contributed by atoms with Gasteiger partial charge in [0, 0.05) is 0 Å². The van der Waals surface area contributed by atoms with Crippen molar-refractivity contribution in [3.8, 4) is 0 Å². The Morgan fingerprint density at radius 1 is 1.16 bits per heavy atom. The summed E-state index contributed by atoms with van der Waals surface area (Å²) in [6.45, 7) is 14.0. The normalized spacial score (nSPS) is 45.0. The van der Waals surface area contributed by atoms with Crippen LogP contribution in [-0.2, 0) is 9.31 Å². The largest absolute Gasteiger partial charge is 0.460 e. The van der Waals surface area contributed by atoms with Crippen LogP contribution in [0.25, 0.3) is 0 Å². The van der Waals surface area contributed by atoms with E-state index in [9.17, 15) is 0 Å². The van der Waals surface area contributed by atoms with Gasteiger partial charge in [0.1, 0.15) is 0 Å². The standard InChI is InChI=1S/C16H29BO2/c1-10(2)7-11(3)17-18-14-9-12-8-13(15(12,4)5)16(14,6)19-17/h10-14H,7-9H2,1-6H3/t11-,12-,13-,14+,16-/m0/s1. The molecular weight excluding hydrogens is 235 g/mol. The predicted octanol–water partition coefficient (Wildman–Crippen LogP) is 4.15. The van der Waals surface area contributed by atoms with Crippen LogP contribution < -0.4 is 0 Å². The first kappa shape index (κ1) is 13.9. The van der Waals surface area contributed by atoms with Crippen LogP contribution in [0, 0.1) is 23.2 Å². The molecule has 0 spiro atoms. The molecule has 0 unspecified atom stereocenters. The first-order valence-corrected chi connectivity index (χ1v) is 8.08. The molecule has 108 valence electrons. The van der Waals surface area contributed by atoms with Crippen LogP contribution in [0.3, 0.4) is 0 Å². The molecule has 0 radical (unpaired) electrons. The Morgan fingerprint density at radius 3 is 2.42 bits per heavy atom. The maximum absolute atomic E-state index is 6.48. The summed E-state index contributed by atoms with van der Waals surface area (Å²) in [5.41, 5.74) is 0.416. The van der Waals surface area contributed by atoms with E-state index in [4.69, 9.17) is 9.31 Å². The highest BCUT2D eigenvalue weighted by atomic mass is 16.7. The predicted molar refractivity (Wildman–Crippen MR) is 79.0 cm³/mol. The topological polar surface area (TPSA) is 18.5 Å². The average Bonchev–Trinajstić information content (AvgIpc) is 2.64. The van der Waals surface area contributed by atoms with Gasteiger partial charge in [0.2, 0.25) is 0 Å². The lowest BCUT2D eigenvalue weighted by Gasteiger charge is -2.64. The second kappa shape index (κ2) is 4.24. The van der Waals surface area contributed by atoms with E-state index in [2.05, 4.69) is 41.5 Å². The van der Waals surface area contributed by atoms with E-state index in [1.807, 2.05) is 0 Å². The highest BCUT2D eigenvalue weighted by Crippen LogP contribution is 2.66. The number of hydrogen-bond donors (Lipinski definition) is 0. The fraction of sp³-hybridized carbons (Fsp3) is 1.00. The van der Waals surface area contributed by atoms with Crippen molar-refractivity contribution < 1.29 is 9.31 Å². The van der Waals surface area contributed by atoms with Crippen LogP contribution in [0.2, 0.25) is 5.82 Å². The lowest BCUT2D eigenvalue weighted by molar-refractivity contribution is -0.199. The van der Waals surface area contributed by atoms with Gasteiger partial charge in [-0.15, -0.1) is 0 Å². The van der Waals surface area contributed by atoms with E-state index in [-0.39, 0.29) is 12.7 Å². The van der Waals surface area contributed by atoms with Crippen molar-refractivity contribution in [2.24, 2.45) is 23.2 Å². The van der Waals surface area contributed by atoms with E-state index >= 15 is 0 Å². The molecule has 2 nitrogen and oxygen atoms in total. The van der Waals surface area contributed by atoms with Crippen molar-refractivity contribution in [2.75, 3.05) is 0 Å². The van der Waals surface area contributed by atoms with E-state index < -0.39 is 0 Å². The summed E-state index contributed by atoms with van der Waals surface area (Å²) < 4.78 is 12.8. The molecule has 4 rings (SSSR count). The molecule has 2 bridgehead atoms. The second-order valence-electron chi connectivity index (χ2n) is 8.44. The monoisotopic (exact) mass is 264 g/mol. The summed E-state index contributed by atoms with van der Waals surface area (Å²) in [6, 6.07) is 0. The highest BCUT2D eigenvalue weighted by molar-refractivity contribution is 6.47. The second-order valence-corrected chi connectivity index (χ2v) is 8.44. The Kier molecular flexibility index (Phi) is 3.11. The summed E-state index contributed by atoms with van der Waals surface area (Å²) in [7, 11) is 0.0209. The minimum Gasteiger partial charge on any atom is -0.405 e. The van der Waals surface area contributed by atoms with Crippen molar-refractivity contribution in [1.29, 1.82) is 0 Å². The molecule has 0 aromatic heterocycles. The van der Waals surface area contributed by atoms with Gasteiger partial charge in [0.15, 0.2) is 0 Å². The molecule has 0 N–H and O–H groups in total. The molecule has 1 heterocycles. The average molecular weight is 264 g/mol. The van der Waals surface area contributed by atoms with Crippen LogP contribution >= 0.6 is 0 Å². The van der Waals surface area contributed by atoms with Crippen molar-refractivity contribution in [2.45, 2.75) is 78.3 Å². The Balaban J connectivity index is 1.74. The van der Waals surface area contributed by atoms with Crippen LogP contribution in [0.1, 0.15) is 60.8 Å². The minimum atomic E-state index is -0.0336. The van der Waals surface area contributed by atoms with Crippen molar-refractivity contribution >= 4 is 7.12 Å². The molecule has 5 atom stereocenters. The molecule has 1 aliphatic heterocycles. The third kappa shape index (κ3) is 1.92. The van der Waals surface area contributed by atoms with Gasteiger partial charge in [-0.25, -0.2) is 0 Å². The molecule has 4 fully saturated rings. The van der Waals surface area contributed by atoms with Gasteiger partial charge in [-0.2, -0.15) is 0 Å². The van der Waals surface area contributed by atoms with Gasteiger partial charge >= 0.3 is 7.12 Å². The van der Waals surface area contributed by atoms with Gasteiger partial charge in [0.25, 0.3) is 0 Å². The zero-order valence-electron chi connectivity index (χ0n) is 13.4. The summed E-state index contributed by atoms with van der Waals surface area (Å²) in [5.74, 6) is 2.74. The van der Waals surface area contributed by atoms with Gasteiger partial charge in [-0.05, 0) is 55.2 Å². The van der Waals surface area contributed by atoms with Gasteiger partial charge in [0.05, 0.1) is 11.7 Å². The molecule has 1 saturated heterocycles. The van der Waals surface area contributed by atoms with Crippen LogP contribution in [0.4, 0.5) is 0 Å². The minimum absolute atomic E-state index is 0.0209. The maximum atomic E-state index is 6.48. The smallest absolute Gasteiger partial charge is 0.405 e. The Bertz CT molecular complexity index is 368. The van der Waals surface area contributed by atoms with Crippen LogP contribution in [0.5, 0.6) is 0 Å². The Labute approximate surface area is 118 Å². The third-order valence-electron chi connectivity index (χ3n) is 6.28. The first-order chi connectivity index (χ1) is 8.75. The van der Waals surface area contributed by atoms with Crippen molar-refractivity contribution in [1.82, 2.24) is 0 Å². The molecule has 0 aromatic rings. The fourth-order valence-electron chi connectivity index (χ4n) is 5.00. The van der Waals surface area contributed by atoms with Crippen molar-refractivity contribution in [3.05, 3.63) is 0 Å². The molecule has 3 aliphatic carbocycles. The highest BCUT2D eigenvalue weighted by Gasteiger charge is 2.68. The van der Waals surface area contributed by atoms with Crippen LogP contribution in [0.15, 0.2) is 0 Å². The SMILES string of the molecule is CC(C)C[C@H](C)B1O[C@@H]2C[C@@H]3C[C@@H](C3(C)C)[C@]2(C)O1. The molecule has 3 saturated carbocycles. The van der Waals surface area contributed by atoms with Crippen molar-refractivity contribution in [3.63, 3.8) is 0 Å². The van der Waals surface area contributed by atoms with Gasteiger partial charge < -0.3 is 9.31 Å². The first-order valence-electron chi connectivity index (χ1n) is 8.08. The molecule has 0 aromatic carbocycles. The zero-order chi connectivity index (χ0) is 14.0. The van der Waals surface area contributed by atoms with E-state index in [1.54, 1.807) is 0 Å². The molecule has 3 heteroatoms. The van der Waals surface area contributed by atoms with E-state index in [0.717, 1.165) is 5.92 Å². The lowest BCUT2D eigenvalue weighted by atomic mass is 9.43. The number of hydrogen-bond acceptors (Lipinski definition) is 2.